The van der Waals surface area contributed by atoms with Gasteiger partial charge in [-0.25, -0.2) is 9.78 Å². The molecule has 1 N–H and O–H groups in total. The van der Waals surface area contributed by atoms with Crippen LogP contribution in [-0.2, 0) is 4.74 Å². The minimum atomic E-state index is -0.555. The van der Waals surface area contributed by atoms with Gasteiger partial charge in [0, 0.05) is 6.54 Å². The van der Waals surface area contributed by atoms with Gasteiger partial charge >= 0.3 is 6.09 Å². The van der Waals surface area contributed by atoms with E-state index in [0.717, 1.165) is 6.54 Å². The largest absolute Gasteiger partial charge is 0.488 e. The van der Waals surface area contributed by atoms with Crippen LogP contribution < -0.4 is 10.1 Å². The summed E-state index contributed by atoms with van der Waals surface area (Å²) >= 11 is 3.27. The zero-order valence-corrected chi connectivity index (χ0v) is 14.7. The molecule has 0 radical (unpaired) electrons. The average molecular weight is 360 g/mol. The normalized spacial score (nSPS) is 11.4. The van der Waals surface area contributed by atoms with Crippen LogP contribution in [-0.4, -0.2) is 48.8 Å². The molecule has 118 valence electrons. The van der Waals surface area contributed by atoms with Crippen molar-refractivity contribution in [2.45, 2.75) is 26.4 Å². The van der Waals surface area contributed by atoms with Crippen LogP contribution in [0.2, 0.25) is 0 Å². The Morgan fingerprint density at radius 2 is 2.10 bits per heavy atom. The summed E-state index contributed by atoms with van der Waals surface area (Å²) in [6.07, 6.45) is 1.03. The van der Waals surface area contributed by atoms with Gasteiger partial charge in [-0.3, -0.25) is 5.32 Å². The smallest absolute Gasteiger partial charge is 0.412 e. The van der Waals surface area contributed by atoms with Crippen LogP contribution in [0.3, 0.4) is 0 Å². The highest BCUT2D eigenvalue weighted by Gasteiger charge is 2.18. The van der Waals surface area contributed by atoms with E-state index in [4.69, 9.17) is 9.47 Å². The molecule has 0 saturated heterocycles. The molecule has 0 aromatic carbocycles. The fourth-order valence-electron chi connectivity index (χ4n) is 1.38. The first-order chi connectivity index (χ1) is 9.67. The lowest BCUT2D eigenvalue weighted by molar-refractivity contribution is 0.0635. The second-order valence-electron chi connectivity index (χ2n) is 5.78. The average Bonchev–Trinajstić information content (AvgIpc) is 2.29. The van der Waals surface area contributed by atoms with Crippen molar-refractivity contribution in [2.24, 2.45) is 0 Å². The summed E-state index contributed by atoms with van der Waals surface area (Å²) in [7, 11) is 3.92. The number of anilines is 1. The highest BCUT2D eigenvalue weighted by Crippen LogP contribution is 2.26. The van der Waals surface area contributed by atoms with E-state index >= 15 is 0 Å². The third-order valence-electron chi connectivity index (χ3n) is 2.27. The Labute approximate surface area is 134 Å². The van der Waals surface area contributed by atoms with Gasteiger partial charge in [0.15, 0.2) is 5.75 Å². The van der Waals surface area contributed by atoms with Crippen molar-refractivity contribution >= 4 is 27.7 Å². The Balaban J connectivity index is 2.75. The standard InChI is InChI=1S/C14H22BrN3O3/c1-14(2,3)21-13(19)17-10-8-12(15)16-9-11(10)20-7-6-18(4)5/h8-9H,6-7H2,1-5H3,(H,16,17,19). The molecule has 0 fully saturated rings. The van der Waals surface area contributed by atoms with E-state index in [-0.39, 0.29) is 0 Å². The topological polar surface area (TPSA) is 63.7 Å². The fourth-order valence-corrected chi connectivity index (χ4v) is 1.71. The van der Waals surface area contributed by atoms with Gasteiger partial charge in [0.05, 0.1) is 11.9 Å². The van der Waals surface area contributed by atoms with Crippen LogP contribution in [0.25, 0.3) is 0 Å². The van der Waals surface area contributed by atoms with Crippen molar-refractivity contribution in [3.8, 4) is 5.75 Å². The quantitative estimate of drug-likeness (QED) is 0.818. The number of pyridine rings is 1. The maximum absolute atomic E-state index is 11.8. The van der Waals surface area contributed by atoms with Gasteiger partial charge in [0.25, 0.3) is 0 Å². The first kappa shape index (κ1) is 17.7. The third kappa shape index (κ3) is 7.29. The summed E-state index contributed by atoms with van der Waals surface area (Å²) in [4.78, 5) is 18.0. The van der Waals surface area contributed by atoms with E-state index < -0.39 is 11.7 Å². The van der Waals surface area contributed by atoms with Gasteiger partial charge in [0.1, 0.15) is 16.8 Å². The molecule has 1 aromatic heterocycles. The molecular weight excluding hydrogens is 338 g/mol. The van der Waals surface area contributed by atoms with Crippen molar-refractivity contribution in [1.29, 1.82) is 0 Å². The molecule has 0 bridgehead atoms. The molecule has 0 aliphatic rings. The summed E-state index contributed by atoms with van der Waals surface area (Å²) in [6, 6.07) is 1.68. The number of nitrogens with zero attached hydrogens (tertiary/aromatic N) is 2. The molecule has 21 heavy (non-hydrogen) atoms. The Hall–Kier alpha value is -1.34. The lowest BCUT2D eigenvalue weighted by Gasteiger charge is -2.20. The van der Waals surface area contributed by atoms with E-state index in [2.05, 4.69) is 26.2 Å². The van der Waals surface area contributed by atoms with Gasteiger partial charge in [-0.1, -0.05) is 0 Å². The number of nitrogens with one attached hydrogen (secondary N) is 1. The molecule has 6 nitrogen and oxygen atoms in total. The van der Waals surface area contributed by atoms with Gasteiger partial charge < -0.3 is 14.4 Å². The van der Waals surface area contributed by atoms with Gasteiger partial charge in [-0.05, 0) is 56.9 Å². The molecule has 0 atom stereocenters. The minimum absolute atomic E-state index is 0.499. The summed E-state index contributed by atoms with van der Waals surface area (Å²) in [6.45, 7) is 6.69. The minimum Gasteiger partial charge on any atom is -0.488 e. The number of likely N-dealkylation sites (N-methyl/N-ethyl adjacent to an activating group) is 1. The van der Waals surface area contributed by atoms with Crippen molar-refractivity contribution in [3.63, 3.8) is 0 Å². The van der Waals surface area contributed by atoms with Gasteiger partial charge in [-0.2, -0.15) is 0 Å². The molecule has 0 aliphatic heterocycles. The number of hydrogen-bond acceptors (Lipinski definition) is 5. The molecule has 0 saturated carbocycles. The maximum Gasteiger partial charge on any atom is 0.412 e. The van der Waals surface area contributed by atoms with Gasteiger partial charge in [0.2, 0.25) is 0 Å². The highest BCUT2D eigenvalue weighted by atomic mass is 79.9. The first-order valence-electron chi connectivity index (χ1n) is 6.60. The number of ether oxygens (including phenoxy) is 2. The number of amides is 1. The number of carbonyl (C=O) groups is 1. The molecule has 1 rings (SSSR count). The van der Waals surface area contributed by atoms with Crippen LogP contribution in [0.15, 0.2) is 16.9 Å². The molecule has 1 heterocycles. The number of hydrogen-bond donors (Lipinski definition) is 1. The van der Waals surface area contributed by atoms with Crippen molar-refractivity contribution in [3.05, 3.63) is 16.9 Å². The number of rotatable bonds is 5. The molecule has 1 amide bonds. The van der Waals surface area contributed by atoms with E-state index in [1.165, 1.54) is 0 Å². The van der Waals surface area contributed by atoms with E-state index in [9.17, 15) is 4.79 Å². The van der Waals surface area contributed by atoms with E-state index in [0.29, 0.717) is 22.6 Å². The molecule has 7 heteroatoms. The molecule has 1 aromatic rings. The predicted octanol–water partition coefficient (Wildman–Crippen LogP) is 3.13. The summed E-state index contributed by atoms with van der Waals surface area (Å²) in [5.74, 6) is 0.505. The summed E-state index contributed by atoms with van der Waals surface area (Å²) < 4.78 is 11.5. The predicted molar refractivity (Wildman–Crippen MR) is 85.8 cm³/mol. The maximum atomic E-state index is 11.8. The van der Waals surface area contributed by atoms with Crippen LogP contribution in [0.5, 0.6) is 5.75 Å². The van der Waals surface area contributed by atoms with Crippen molar-refractivity contribution in [2.75, 3.05) is 32.6 Å². The third-order valence-corrected chi connectivity index (χ3v) is 2.70. The highest BCUT2D eigenvalue weighted by molar-refractivity contribution is 9.10. The zero-order valence-electron chi connectivity index (χ0n) is 13.1. The Bertz CT molecular complexity index is 487. The first-order valence-corrected chi connectivity index (χ1v) is 7.40. The SMILES string of the molecule is CN(C)CCOc1cnc(Br)cc1NC(=O)OC(C)(C)C. The lowest BCUT2D eigenvalue weighted by Crippen LogP contribution is -2.27. The summed E-state index contributed by atoms with van der Waals surface area (Å²) in [5.41, 5.74) is -0.0369. The van der Waals surface area contributed by atoms with Crippen LogP contribution in [0.4, 0.5) is 10.5 Å². The van der Waals surface area contributed by atoms with Crippen LogP contribution in [0, 0.1) is 0 Å². The van der Waals surface area contributed by atoms with Crippen molar-refractivity contribution < 1.29 is 14.3 Å². The monoisotopic (exact) mass is 359 g/mol. The van der Waals surface area contributed by atoms with Crippen LogP contribution >= 0.6 is 15.9 Å². The molecule has 0 unspecified atom stereocenters. The van der Waals surface area contributed by atoms with E-state index in [1.54, 1.807) is 12.3 Å². The fraction of sp³-hybridized carbons (Fsp3) is 0.571. The van der Waals surface area contributed by atoms with Crippen LogP contribution in [0.1, 0.15) is 20.8 Å². The lowest BCUT2D eigenvalue weighted by atomic mass is 10.2. The summed E-state index contributed by atoms with van der Waals surface area (Å²) in [5, 5.41) is 2.68. The molecular formula is C14H22BrN3O3. The molecule has 0 aliphatic carbocycles. The van der Waals surface area contributed by atoms with Gasteiger partial charge in [-0.15, -0.1) is 0 Å². The van der Waals surface area contributed by atoms with Crippen molar-refractivity contribution in [1.82, 2.24) is 9.88 Å². The number of aromatic nitrogens is 1. The Kier molecular flexibility index (Phi) is 6.42. The Morgan fingerprint density at radius 1 is 1.43 bits per heavy atom. The Morgan fingerprint density at radius 3 is 2.67 bits per heavy atom. The zero-order chi connectivity index (χ0) is 16.0. The number of carbonyl (C=O) groups excluding carboxylic acids is 1. The van der Waals surface area contributed by atoms with E-state index in [1.807, 2.05) is 39.8 Å². The number of halogens is 1. The molecule has 0 spiro atoms. The second-order valence-corrected chi connectivity index (χ2v) is 6.59. The second kappa shape index (κ2) is 7.61.